The summed E-state index contributed by atoms with van der Waals surface area (Å²) in [5, 5.41) is 0.394. The third kappa shape index (κ3) is 4.98. The van der Waals surface area contributed by atoms with Crippen molar-refractivity contribution in [3.05, 3.63) is 76.9 Å². The van der Waals surface area contributed by atoms with Crippen LogP contribution in [0.25, 0.3) is 0 Å². The van der Waals surface area contributed by atoms with Crippen molar-refractivity contribution in [2.75, 3.05) is 18.6 Å². The van der Waals surface area contributed by atoms with Gasteiger partial charge in [0.25, 0.3) is 0 Å². The van der Waals surface area contributed by atoms with Crippen molar-refractivity contribution in [2.45, 2.75) is 31.9 Å². The van der Waals surface area contributed by atoms with Gasteiger partial charge in [0.15, 0.2) is 0 Å². The van der Waals surface area contributed by atoms with E-state index in [-0.39, 0.29) is 0 Å². The maximum Gasteiger partial charge on any atom is 0.230 e. The Hall–Kier alpha value is -2.79. The summed E-state index contributed by atoms with van der Waals surface area (Å²) >= 11 is 6.28. The first kappa shape index (κ1) is 19.5. The highest BCUT2D eigenvalue weighted by Gasteiger charge is 2.27. The molecule has 150 valence electrons. The Morgan fingerprint density at radius 3 is 2.59 bits per heavy atom. The summed E-state index contributed by atoms with van der Waals surface area (Å²) in [6.45, 7) is 1.33. The van der Waals surface area contributed by atoms with Crippen molar-refractivity contribution in [3.8, 4) is 11.6 Å². The molecular formula is C23H24ClN3O2. The molecule has 1 aromatic heterocycles. The van der Waals surface area contributed by atoms with E-state index in [9.17, 15) is 0 Å². The molecule has 0 N–H and O–H groups in total. The smallest absolute Gasteiger partial charge is 0.230 e. The maximum absolute atomic E-state index is 6.28. The second kappa shape index (κ2) is 9.14. The van der Waals surface area contributed by atoms with Crippen LogP contribution in [-0.4, -0.2) is 29.7 Å². The van der Waals surface area contributed by atoms with E-state index in [1.54, 1.807) is 13.2 Å². The van der Waals surface area contributed by atoms with E-state index in [2.05, 4.69) is 39.1 Å². The molecule has 1 unspecified atom stereocenters. The van der Waals surface area contributed by atoms with Crippen LogP contribution < -0.4 is 14.4 Å². The van der Waals surface area contributed by atoms with Crippen LogP contribution in [0, 0.1) is 0 Å². The van der Waals surface area contributed by atoms with E-state index in [0.29, 0.717) is 29.6 Å². The van der Waals surface area contributed by atoms with Crippen LogP contribution in [0.3, 0.4) is 0 Å². The molecule has 0 radical (unpaired) electrons. The van der Waals surface area contributed by atoms with E-state index < -0.39 is 0 Å². The quantitative estimate of drug-likeness (QED) is 0.518. The summed E-state index contributed by atoms with van der Waals surface area (Å²) < 4.78 is 11.1. The van der Waals surface area contributed by atoms with Crippen molar-refractivity contribution in [2.24, 2.45) is 0 Å². The zero-order valence-corrected chi connectivity index (χ0v) is 17.2. The Bertz CT molecular complexity index is 935. The number of benzene rings is 2. The van der Waals surface area contributed by atoms with Gasteiger partial charge in [0.1, 0.15) is 17.5 Å². The Kier molecular flexibility index (Phi) is 6.15. The molecule has 2 heterocycles. The molecule has 0 saturated carbocycles. The molecule has 1 saturated heterocycles. The summed E-state index contributed by atoms with van der Waals surface area (Å²) in [6.07, 6.45) is 3.21. The lowest BCUT2D eigenvalue weighted by molar-refractivity contribution is 0.293. The van der Waals surface area contributed by atoms with E-state index in [0.717, 1.165) is 37.1 Å². The highest BCUT2D eigenvalue weighted by atomic mass is 35.5. The number of ether oxygens (including phenoxy) is 2. The molecule has 4 rings (SSSR count). The van der Waals surface area contributed by atoms with Gasteiger partial charge in [-0.1, -0.05) is 54.1 Å². The summed E-state index contributed by atoms with van der Waals surface area (Å²) in [5.41, 5.74) is 2.35. The highest BCUT2D eigenvalue weighted by molar-refractivity contribution is 6.29. The van der Waals surface area contributed by atoms with E-state index >= 15 is 0 Å². The average molecular weight is 410 g/mol. The number of anilines is 1. The van der Waals surface area contributed by atoms with Crippen LogP contribution in [0.4, 0.5) is 5.95 Å². The topological polar surface area (TPSA) is 47.5 Å². The Morgan fingerprint density at radius 2 is 1.83 bits per heavy atom. The molecule has 1 aliphatic heterocycles. The summed E-state index contributed by atoms with van der Waals surface area (Å²) in [7, 11) is 1.65. The fourth-order valence-electron chi connectivity index (χ4n) is 3.66. The lowest BCUT2D eigenvalue weighted by atomic mass is 10.0. The second-order valence-electron chi connectivity index (χ2n) is 7.14. The van der Waals surface area contributed by atoms with E-state index in [4.69, 9.17) is 21.1 Å². The fourth-order valence-corrected chi connectivity index (χ4v) is 3.83. The molecule has 1 fully saturated rings. The number of rotatable bonds is 7. The molecule has 3 aromatic rings. The van der Waals surface area contributed by atoms with Gasteiger partial charge in [-0.05, 0) is 42.5 Å². The molecule has 0 aliphatic carbocycles. The molecule has 1 atom stereocenters. The van der Waals surface area contributed by atoms with Crippen LogP contribution in [0.1, 0.15) is 24.0 Å². The van der Waals surface area contributed by atoms with E-state index in [1.165, 1.54) is 5.56 Å². The minimum atomic E-state index is 0.366. The third-order valence-corrected chi connectivity index (χ3v) is 5.35. The van der Waals surface area contributed by atoms with Crippen molar-refractivity contribution in [3.63, 3.8) is 0 Å². The highest BCUT2D eigenvalue weighted by Crippen LogP contribution is 2.28. The average Bonchev–Trinajstić information content (AvgIpc) is 3.21. The predicted octanol–water partition coefficient (Wildman–Crippen LogP) is 4.93. The Labute approximate surface area is 176 Å². The lowest BCUT2D eigenvalue weighted by Crippen LogP contribution is -2.32. The number of methoxy groups -OCH3 is 1. The van der Waals surface area contributed by atoms with Gasteiger partial charge < -0.3 is 14.4 Å². The standard InChI is InChI=1S/C23H24ClN3O2/c1-28-20-11-9-18(10-12-20)16-29-22-15-21(24)25-23(26-22)27-13-5-8-19(27)14-17-6-3-2-4-7-17/h2-4,6-7,9-12,15,19H,5,8,13-14,16H2,1H3. The fraction of sp³-hybridized carbons (Fsp3) is 0.304. The number of hydrogen-bond donors (Lipinski definition) is 0. The van der Waals surface area contributed by atoms with Crippen LogP contribution in [0.5, 0.6) is 11.6 Å². The molecule has 29 heavy (non-hydrogen) atoms. The predicted molar refractivity (Wildman–Crippen MR) is 115 cm³/mol. The third-order valence-electron chi connectivity index (χ3n) is 5.15. The second-order valence-corrected chi connectivity index (χ2v) is 7.53. The minimum Gasteiger partial charge on any atom is -0.497 e. The van der Waals surface area contributed by atoms with Gasteiger partial charge in [0.2, 0.25) is 11.8 Å². The maximum atomic E-state index is 6.28. The minimum absolute atomic E-state index is 0.366. The zero-order valence-electron chi connectivity index (χ0n) is 16.4. The van der Waals surface area contributed by atoms with Crippen molar-refractivity contribution in [1.29, 1.82) is 0 Å². The van der Waals surface area contributed by atoms with Crippen molar-refractivity contribution >= 4 is 17.5 Å². The number of aromatic nitrogens is 2. The van der Waals surface area contributed by atoms with Gasteiger partial charge in [-0.3, -0.25) is 0 Å². The largest absolute Gasteiger partial charge is 0.497 e. The van der Waals surface area contributed by atoms with Crippen molar-refractivity contribution < 1.29 is 9.47 Å². The number of nitrogens with zero attached hydrogens (tertiary/aromatic N) is 3. The zero-order chi connectivity index (χ0) is 20.1. The molecule has 0 bridgehead atoms. The van der Waals surface area contributed by atoms with Gasteiger partial charge in [0, 0.05) is 18.7 Å². The molecule has 1 aliphatic rings. The monoisotopic (exact) mass is 409 g/mol. The van der Waals surface area contributed by atoms with Gasteiger partial charge in [0.05, 0.1) is 7.11 Å². The first-order valence-corrected chi connectivity index (χ1v) is 10.2. The molecule has 0 amide bonds. The first-order valence-electron chi connectivity index (χ1n) is 9.82. The molecular weight excluding hydrogens is 386 g/mol. The molecule has 0 spiro atoms. The molecule has 2 aromatic carbocycles. The molecule has 6 heteroatoms. The SMILES string of the molecule is COc1ccc(COc2cc(Cl)nc(N3CCCC3Cc3ccccc3)n2)cc1. The lowest BCUT2D eigenvalue weighted by Gasteiger charge is -2.25. The van der Waals surface area contributed by atoms with Crippen LogP contribution in [-0.2, 0) is 13.0 Å². The Balaban J connectivity index is 1.46. The van der Waals surface area contributed by atoms with Gasteiger partial charge in [-0.25, -0.2) is 4.98 Å². The van der Waals surface area contributed by atoms with Gasteiger partial charge in [-0.15, -0.1) is 0 Å². The van der Waals surface area contributed by atoms with Crippen LogP contribution >= 0.6 is 11.6 Å². The van der Waals surface area contributed by atoms with Crippen LogP contribution in [0.15, 0.2) is 60.7 Å². The van der Waals surface area contributed by atoms with E-state index in [1.807, 2.05) is 30.3 Å². The van der Waals surface area contributed by atoms with Gasteiger partial charge >= 0.3 is 0 Å². The molecule has 5 nitrogen and oxygen atoms in total. The first-order chi connectivity index (χ1) is 14.2. The number of halogens is 1. The van der Waals surface area contributed by atoms with Crippen molar-refractivity contribution in [1.82, 2.24) is 9.97 Å². The Morgan fingerprint density at radius 1 is 1.03 bits per heavy atom. The normalized spacial score (nSPS) is 16.1. The summed E-state index contributed by atoms with van der Waals surface area (Å²) in [6, 6.07) is 20.3. The van der Waals surface area contributed by atoms with Gasteiger partial charge in [-0.2, -0.15) is 4.98 Å². The van der Waals surface area contributed by atoms with Crippen LogP contribution in [0.2, 0.25) is 5.15 Å². The summed E-state index contributed by atoms with van der Waals surface area (Å²) in [5.74, 6) is 1.95. The number of hydrogen-bond acceptors (Lipinski definition) is 5. The summed E-state index contributed by atoms with van der Waals surface area (Å²) in [4.78, 5) is 11.4.